The Hall–Kier alpha value is -2.47. The number of carboxylic acid groups (broad SMARTS) is 2. The fourth-order valence-electron chi connectivity index (χ4n) is 1.97. The quantitative estimate of drug-likeness (QED) is 0.178. The largest absolute Gasteiger partial charge is 0.481 e. The fraction of sp³-hybridized carbons (Fsp3) is 0.450. The van der Waals surface area contributed by atoms with Gasteiger partial charge in [-0.2, -0.15) is 0 Å². The van der Waals surface area contributed by atoms with Crippen LogP contribution in [0, 0.1) is 0 Å². The molecule has 0 bridgehead atoms. The molecule has 0 heterocycles. The molecule has 26 heavy (non-hydrogen) atoms. The molecule has 6 nitrogen and oxygen atoms in total. The molecule has 1 atom stereocenters. The van der Waals surface area contributed by atoms with Crippen LogP contribution in [0.25, 0.3) is 0 Å². The van der Waals surface area contributed by atoms with E-state index in [1.54, 1.807) is 36.5 Å². The first-order valence-electron chi connectivity index (χ1n) is 8.73. The topological polar surface area (TPSA) is 112 Å². The number of aliphatic carboxylic acids is 2. The molecule has 0 spiro atoms. The molecular weight excluding hydrogens is 336 g/mol. The molecule has 0 aliphatic carbocycles. The number of aliphatic hydroxyl groups excluding tert-OH is 1. The molecule has 0 rings (SSSR count). The van der Waals surface area contributed by atoms with E-state index in [9.17, 15) is 19.5 Å². The van der Waals surface area contributed by atoms with Crippen LogP contribution in [0.2, 0.25) is 0 Å². The highest BCUT2D eigenvalue weighted by Crippen LogP contribution is 2.03. The van der Waals surface area contributed by atoms with Crippen LogP contribution < -0.4 is 0 Å². The van der Waals surface area contributed by atoms with Crippen LogP contribution in [-0.2, 0) is 14.4 Å². The number of carbonyl (C=O) groups is 3. The number of rotatable bonds is 15. The molecule has 0 aromatic rings. The summed E-state index contributed by atoms with van der Waals surface area (Å²) in [6, 6.07) is 0. The monoisotopic (exact) mass is 364 g/mol. The van der Waals surface area contributed by atoms with E-state index in [2.05, 4.69) is 0 Å². The molecule has 0 aromatic heterocycles. The van der Waals surface area contributed by atoms with Crippen molar-refractivity contribution in [2.45, 2.75) is 57.5 Å². The van der Waals surface area contributed by atoms with E-state index in [4.69, 9.17) is 10.2 Å². The average Bonchev–Trinajstić information content (AvgIpc) is 2.56. The van der Waals surface area contributed by atoms with Crippen molar-refractivity contribution < 1.29 is 29.7 Å². The van der Waals surface area contributed by atoms with Gasteiger partial charge < -0.3 is 15.3 Å². The summed E-state index contributed by atoms with van der Waals surface area (Å²) >= 11 is 0. The van der Waals surface area contributed by atoms with E-state index < -0.39 is 18.0 Å². The van der Waals surface area contributed by atoms with E-state index in [-0.39, 0.29) is 18.6 Å². The van der Waals surface area contributed by atoms with Gasteiger partial charge in [-0.05, 0) is 38.2 Å². The third kappa shape index (κ3) is 17.9. The summed E-state index contributed by atoms with van der Waals surface area (Å²) in [7, 11) is 0. The number of allylic oxidation sites excluding steroid dienone is 7. The Bertz CT molecular complexity index is 543. The molecular formula is C20H28O6. The summed E-state index contributed by atoms with van der Waals surface area (Å²) in [6.45, 7) is 0. The summed E-state index contributed by atoms with van der Waals surface area (Å²) in [4.78, 5) is 32.3. The maximum atomic E-state index is 11.6. The minimum absolute atomic E-state index is 0.0332. The molecule has 0 amide bonds. The molecule has 0 saturated carbocycles. The minimum Gasteiger partial charge on any atom is -0.481 e. The van der Waals surface area contributed by atoms with Crippen LogP contribution in [0.15, 0.2) is 48.6 Å². The fourth-order valence-corrected chi connectivity index (χ4v) is 1.97. The third-order valence-corrected chi connectivity index (χ3v) is 3.34. The van der Waals surface area contributed by atoms with Crippen LogP contribution in [0.4, 0.5) is 0 Å². The number of aliphatic hydroxyl groups is 1. The SMILES string of the molecule is O=C(O)CCCC/C=C\CC(=O)/C=C/C=C/C=C\[C@H](O)CCCC(=O)O. The maximum absolute atomic E-state index is 11.6. The normalized spacial score (nSPS) is 13.3. The number of carboxylic acids is 2. The first-order valence-corrected chi connectivity index (χ1v) is 8.73. The second-order valence-corrected chi connectivity index (χ2v) is 5.76. The van der Waals surface area contributed by atoms with Crippen molar-refractivity contribution in [2.24, 2.45) is 0 Å². The van der Waals surface area contributed by atoms with E-state index >= 15 is 0 Å². The molecule has 0 aromatic carbocycles. The van der Waals surface area contributed by atoms with Crippen molar-refractivity contribution in [3.05, 3.63) is 48.6 Å². The molecule has 0 aliphatic rings. The van der Waals surface area contributed by atoms with E-state index in [1.807, 2.05) is 6.08 Å². The molecule has 0 saturated heterocycles. The van der Waals surface area contributed by atoms with E-state index in [0.29, 0.717) is 25.7 Å². The smallest absolute Gasteiger partial charge is 0.303 e. The summed E-state index contributed by atoms with van der Waals surface area (Å²) in [5, 5.41) is 26.6. The van der Waals surface area contributed by atoms with Gasteiger partial charge in [0.2, 0.25) is 0 Å². The molecule has 6 heteroatoms. The summed E-state index contributed by atoms with van der Waals surface area (Å²) in [5.74, 6) is -1.69. The number of ketones is 1. The number of unbranched alkanes of at least 4 members (excludes halogenated alkanes) is 2. The molecule has 144 valence electrons. The van der Waals surface area contributed by atoms with Crippen molar-refractivity contribution in [1.29, 1.82) is 0 Å². The summed E-state index contributed by atoms with van der Waals surface area (Å²) < 4.78 is 0. The lowest BCUT2D eigenvalue weighted by molar-refractivity contribution is -0.138. The highest BCUT2D eigenvalue weighted by atomic mass is 16.4. The van der Waals surface area contributed by atoms with Crippen LogP contribution >= 0.6 is 0 Å². The highest BCUT2D eigenvalue weighted by molar-refractivity contribution is 5.90. The van der Waals surface area contributed by atoms with Crippen molar-refractivity contribution in [1.82, 2.24) is 0 Å². The van der Waals surface area contributed by atoms with Crippen molar-refractivity contribution in [3.63, 3.8) is 0 Å². The Morgan fingerprint density at radius 3 is 2.15 bits per heavy atom. The van der Waals surface area contributed by atoms with Gasteiger partial charge in [0.1, 0.15) is 0 Å². The Labute approximate surface area is 154 Å². The zero-order valence-corrected chi connectivity index (χ0v) is 14.9. The van der Waals surface area contributed by atoms with Gasteiger partial charge in [0.15, 0.2) is 5.78 Å². The van der Waals surface area contributed by atoms with Gasteiger partial charge in [-0.3, -0.25) is 14.4 Å². The molecule has 0 aliphatic heterocycles. The van der Waals surface area contributed by atoms with Gasteiger partial charge >= 0.3 is 11.9 Å². The predicted octanol–water partition coefficient (Wildman–Crippen LogP) is 3.43. The Kier molecular flexibility index (Phi) is 14.5. The summed E-state index contributed by atoms with van der Waals surface area (Å²) in [6.07, 6.45) is 16.2. The second kappa shape index (κ2) is 16.0. The molecule has 0 fully saturated rings. The van der Waals surface area contributed by atoms with Crippen LogP contribution in [0.3, 0.4) is 0 Å². The van der Waals surface area contributed by atoms with Crippen molar-refractivity contribution in [2.75, 3.05) is 0 Å². The number of hydrogen-bond acceptors (Lipinski definition) is 4. The molecule has 3 N–H and O–H groups in total. The minimum atomic E-state index is -0.871. The first kappa shape index (κ1) is 23.5. The number of hydrogen-bond donors (Lipinski definition) is 3. The van der Waals surface area contributed by atoms with E-state index in [0.717, 1.165) is 12.8 Å². The van der Waals surface area contributed by atoms with Crippen molar-refractivity contribution >= 4 is 17.7 Å². The van der Waals surface area contributed by atoms with Gasteiger partial charge in [0.05, 0.1) is 6.10 Å². The van der Waals surface area contributed by atoms with Crippen LogP contribution in [0.5, 0.6) is 0 Å². The van der Waals surface area contributed by atoms with Gasteiger partial charge in [0.25, 0.3) is 0 Å². The zero-order chi connectivity index (χ0) is 19.6. The van der Waals surface area contributed by atoms with Crippen molar-refractivity contribution in [3.8, 4) is 0 Å². The summed E-state index contributed by atoms with van der Waals surface area (Å²) in [5.41, 5.74) is 0. The Morgan fingerprint density at radius 2 is 1.46 bits per heavy atom. The molecule has 0 unspecified atom stereocenters. The van der Waals surface area contributed by atoms with E-state index in [1.165, 1.54) is 6.08 Å². The Balaban J connectivity index is 3.82. The average molecular weight is 364 g/mol. The van der Waals surface area contributed by atoms with Gasteiger partial charge in [-0.15, -0.1) is 0 Å². The third-order valence-electron chi connectivity index (χ3n) is 3.34. The first-order chi connectivity index (χ1) is 12.4. The van der Waals surface area contributed by atoms with Gasteiger partial charge in [-0.1, -0.05) is 42.5 Å². The Morgan fingerprint density at radius 1 is 0.808 bits per heavy atom. The molecule has 0 radical (unpaired) electrons. The predicted molar refractivity (Wildman–Crippen MR) is 99.8 cm³/mol. The standard InChI is InChI=1S/C20H28O6/c21-17(11-6-2-1-3-9-15-19(23)24)12-7-4-5-8-13-18(22)14-10-16-20(25)26/h2,4-8,12-13,18,22H,1,3,9-11,14-16H2,(H,23,24)(H,25,26)/b5-4+,6-2-,12-7+,13-8-/t18-/m0/s1. The number of carbonyl (C=O) groups excluding carboxylic acids is 1. The second-order valence-electron chi connectivity index (χ2n) is 5.76. The van der Waals surface area contributed by atoms with Gasteiger partial charge in [0, 0.05) is 19.3 Å². The lowest BCUT2D eigenvalue weighted by atomic mass is 10.1. The maximum Gasteiger partial charge on any atom is 0.303 e. The lowest BCUT2D eigenvalue weighted by Crippen LogP contribution is -2.03. The van der Waals surface area contributed by atoms with Crippen LogP contribution in [-0.4, -0.2) is 39.1 Å². The highest BCUT2D eigenvalue weighted by Gasteiger charge is 2.01. The zero-order valence-electron chi connectivity index (χ0n) is 14.9. The van der Waals surface area contributed by atoms with Gasteiger partial charge in [-0.25, -0.2) is 0 Å². The van der Waals surface area contributed by atoms with Crippen LogP contribution in [0.1, 0.15) is 51.4 Å². The lowest BCUT2D eigenvalue weighted by Gasteiger charge is -2.02.